The van der Waals surface area contributed by atoms with Crippen molar-refractivity contribution in [3.05, 3.63) is 52.5 Å². The molecule has 27 heavy (non-hydrogen) atoms. The van der Waals surface area contributed by atoms with Gasteiger partial charge in [-0.05, 0) is 62.2 Å². The van der Waals surface area contributed by atoms with Crippen molar-refractivity contribution >= 4 is 21.6 Å². The highest BCUT2D eigenvalue weighted by molar-refractivity contribution is 7.89. The van der Waals surface area contributed by atoms with Gasteiger partial charge in [-0.2, -0.15) is 0 Å². The van der Waals surface area contributed by atoms with Crippen LogP contribution in [0, 0.1) is 0 Å². The molecule has 0 spiro atoms. The van der Waals surface area contributed by atoms with E-state index in [1.54, 1.807) is 12.1 Å². The Kier molecular flexibility index (Phi) is 7.91. The van der Waals surface area contributed by atoms with Crippen molar-refractivity contribution < 1.29 is 17.9 Å². The van der Waals surface area contributed by atoms with Crippen molar-refractivity contribution in [3.63, 3.8) is 0 Å². The number of primary sulfonamides is 1. The van der Waals surface area contributed by atoms with Crippen LogP contribution in [-0.2, 0) is 23.0 Å². The molecule has 0 atom stereocenters. The van der Waals surface area contributed by atoms with E-state index in [0.717, 1.165) is 24.1 Å². The first-order valence-corrected chi connectivity index (χ1v) is 10.7. The summed E-state index contributed by atoms with van der Waals surface area (Å²) in [5.74, 6) is 1.21. The predicted molar refractivity (Wildman–Crippen MR) is 107 cm³/mol. The van der Waals surface area contributed by atoms with Crippen molar-refractivity contribution in [2.75, 3.05) is 19.8 Å². The van der Waals surface area contributed by atoms with Gasteiger partial charge in [-0.25, -0.2) is 13.6 Å². The fourth-order valence-corrected chi connectivity index (χ4v) is 3.39. The third-order valence-corrected chi connectivity index (χ3v) is 5.04. The predicted octanol–water partition coefficient (Wildman–Crippen LogP) is 3.12. The highest BCUT2D eigenvalue weighted by Gasteiger charge is 2.12. The van der Waals surface area contributed by atoms with Crippen LogP contribution in [-0.4, -0.2) is 28.2 Å². The smallest absolute Gasteiger partial charge is 0.238 e. The van der Waals surface area contributed by atoms with Gasteiger partial charge >= 0.3 is 0 Å². The van der Waals surface area contributed by atoms with Gasteiger partial charge < -0.3 is 14.8 Å². The first-order valence-electron chi connectivity index (χ1n) is 8.75. The van der Waals surface area contributed by atoms with Gasteiger partial charge in [0, 0.05) is 6.54 Å². The number of rotatable bonds is 10. The van der Waals surface area contributed by atoms with Gasteiger partial charge in [0.05, 0.1) is 23.1 Å². The molecule has 0 heterocycles. The van der Waals surface area contributed by atoms with Gasteiger partial charge in [0.2, 0.25) is 10.0 Å². The second-order valence-corrected chi connectivity index (χ2v) is 7.86. The molecule has 0 saturated heterocycles. The molecule has 0 amide bonds. The summed E-state index contributed by atoms with van der Waals surface area (Å²) in [6, 6.07) is 10.4. The van der Waals surface area contributed by atoms with Crippen LogP contribution in [0.5, 0.6) is 11.5 Å². The number of sulfonamides is 1. The van der Waals surface area contributed by atoms with E-state index in [-0.39, 0.29) is 4.90 Å². The van der Waals surface area contributed by atoms with Crippen LogP contribution >= 0.6 is 11.6 Å². The summed E-state index contributed by atoms with van der Waals surface area (Å²) >= 11 is 6.32. The fourth-order valence-electron chi connectivity index (χ4n) is 2.58. The molecule has 0 bridgehead atoms. The highest BCUT2D eigenvalue weighted by atomic mass is 35.5. The minimum absolute atomic E-state index is 0.117. The van der Waals surface area contributed by atoms with Gasteiger partial charge in [-0.3, -0.25) is 0 Å². The van der Waals surface area contributed by atoms with Gasteiger partial charge in [0.1, 0.15) is 0 Å². The molecule has 0 radical (unpaired) electrons. The maximum absolute atomic E-state index is 11.3. The van der Waals surface area contributed by atoms with Crippen molar-refractivity contribution in [1.82, 2.24) is 5.32 Å². The lowest BCUT2D eigenvalue weighted by Crippen LogP contribution is -2.17. The summed E-state index contributed by atoms with van der Waals surface area (Å²) in [5.41, 5.74) is 2.02. The molecule has 0 aliphatic carbocycles. The quantitative estimate of drug-likeness (QED) is 0.585. The number of benzene rings is 2. The molecule has 0 unspecified atom stereocenters. The molecule has 0 aromatic heterocycles. The molecular weight excluding hydrogens is 388 g/mol. The molecule has 0 fully saturated rings. The highest BCUT2D eigenvalue weighted by Crippen LogP contribution is 2.36. The maximum atomic E-state index is 11.3. The van der Waals surface area contributed by atoms with Crippen LogP contribution in [0.3, 0.4) is 0 Å². The van der Waals surface area contributed by atoms with Crippen LogP contribution in [0.2, 0.25) is 5.02 Å². The summed E-state index contributed by atoms with van der Waals surface area (Å²) < 4.78 is 33.7. The van der Waals surface area contributed by atoms with Crippen LogP contribution in [0.25, 0.3) is 0 Å². The van der Waals surface area contributed by atoms with Crippen LogP contribution in [0.1, 0.15) is 25.0 Å². The molecule has 0 aliphatic rings. The summed E-state index contributed by atoms with van der Waals surface area (Å²) in [5, 5.41) is 8.97. The van der Waals surface area contributed by atoms with E-state index in [0.29, 0.717) is 36.3 Å². The van der Waals surface area contributed by atoms with Gasteiger partial charge in [0.25, 0.3) is 0 Å². The van der Waals surface area contributed by atoms with Gasteiger partial charge in [0.15, 0.2) is 11.5 Å². The second-order valence-electron chi connectivity index (χ2n) is 5.89. The van der Waals surface area contributed by atoms with Crippen LogP contribution in [0.15, 0.2) is 41.3 Å². The Morgan fingerprint density at radius 1 is 1.04 bits per heavy atom. The Morgan fingerprint density at radius 2 is 1.70 bits per heavy atom. The number of nitrogens with two attached hydrogens (primary N) is 1. The molecule has 0 saturated carbocycles. The average Bonchev–Trinajstić information content (AvgIpc) is 2.61. The maximum Gasteiger partial charge on any atom is 0.238 e. The van der Waals surface area contributed by atoms with E-state index in [1.165, 1.54) is 12.1 Å². The molecule has 0 aliphatic heterocycles. The number of halogens is 1. The third kappa shape index (κ3) is 6.39. The topological polar surface area (TPSA) is 90.6 Å². The molecule has 2 aromatic carbocycles. The number of ether oxygens (including phenoxy) is 2. The van der Waals surface area contributed by atoms with Gasteiger partial charge in [-0.1, -0.05) is 23.7 Å². The normalized spacial score (nSPS) is 11.4. The Labute approximate surface area is 165 Å². The van der Waals surface area contributed by atoms with Crippen molar-refractivity contribution in [2.45, 2.75) is 31.7 Å². The zero-order valence-corrected chi connectivity index (χ0v) is 17.1. The Morgan fingerprint density at radius 3 is 2.30 bits per heavy atom. The zero-order chi connectivity index (χ0) is 19.9. The van der Waals surface area contributed by atoms with Gasteiger partial charge in [-0.15, -0.1) is 0 Å². The summed E-state index contributed by atoms with van der Waals surface area (Å²) in [6.07, 6.45) is 0.758. The minimum atomic E-state index is -3.65. The van der Waals surface area contributed by atoms with E-state index in [1.807, 2.05) is 26.0 Å². The van der Waals surface area contributed by atoms with E-state index < -0.39 is 10.0 Å². The largest absolute Gasteiger partial charge is 0.490 e. The molecule has 2 aromatic rings. The third-order valence-electron chi connectivity index (χ3n) is 3.83. The minimum Gasteiger partial charge on any atom is -0.490 e. The first kappa shape index (κ1) is 21.5. The monoisotopic (exact) mass is 412 g/mol. The summed E-state index contributed by atoms with van der Waals surface area (Å²) in [7, 11) is -3.65. The van der Waals surface area contributed by atoms with Crippen LogP contribution < -0.4 is 19.9 Å². The average molecular weight is 413 g/mol. The SMILES string of the molecule is CCOc1cc(CNCCc2ccc(S(N)(=O)=O)cc2)cc(Cl)c1OCC. The molecular formula is C19H25ClN2O4S. The Balaban J connectivity index is 1.93. The number of hydrogen-bond acceptors (Lipinski definition) is 5. The van der Waals surface area contributed by atoms with E-state index in [4.69, 9.17) is 26.2 Å². The Bertz CT molecular complexity index is 855. The van der Waals surface area contributed by atoms with Crippen molar-refractivity contribution in [3.8, 4) is 11.5 Å². The lowest BCUT2D eigenvalue weighted by atomic mass is 10.1. The lowest BCUT2D eigenvalue weighted by molar-refractivity contribution is 0.287. The molecule has 3 N–H and O–H groups in total. The fraction of sp³-hybridized carbons (Fsp3) is 0.368. The summed E-state index contributed by atoms with van der Waals surface area (Å²) in [4.78, 5) is 0.117. The molecule has 2 rings (SSSR count). The van der Waals surface area contributed by atoms with E-state index in [9.17, 15) is 8.42 Å². The Hall–Kier alpha value is -1.80. The molecule has 148 valence electrons. The van der Waals surface area contributed by atoms with E-state index >= 15 is 0 Å². The van der Waals surface area contributed by atoms with Crippen LogP contribution in [0.4, 0.5) is 0 Å². The number of hydrogen-bond donors (Lipinski definition) is 2. The van der Waals surface area contributed by atoms with E-state index in [2.05, 4.69) is 5.32 Å². The molecule has 6 nitrogen and oxygen atoms in total. The van der Waals surface area contributed by atoms with Crippen molar-refractivity contribution in [2.24, 2.45) is 5.14 Å². The lowest BCUT2D eigenvalue weighted by Gasteiger charge is -2.14. The zero-order valence-electron chi connectivity index (χ0n) is 15.5. The standard InChI is InChI=1S/C19H25ClN2O4S/c1-3-25-18-12-15(11-17(20)19(18)26-4-2)13-22-10-9-14-5-7-16(8-6-14)27(21,23)24/h5-8,11-12,22H,3-4,9-10,13H2,1-2H3,(H2,21,23,24). The number of nitrogens with one attached hydrogen (secondary N) is 1. The second kappa shape index (κ2) is 9.94. The molecule has 8 heteroatoms. The summed E-state index contributed by atoms with van der Waals surface area (Å²) in [6.45, 7) is 6.21. The first-order chi connectivity index (χ1) is 12.8. The van der Waals surface area contributed by atoms with Crippen molar-refractivity contribution in [1.29, 1.82) is 0 Å².